The number of nitrogens with one attached hydrogen (secondary N) is 1. The summed E-state index contributed by atoms with van der Waals surface area (Å²) >= 11 is 0. The summed E-state index contributed by atoms with van der Waals surface area (Å²) in [6.07, 6.45) is 12.9. The molecule has 2 aliphatic heterocycles. The van der Waals surface area contributed by atoms with Crippen molar-refractivity contribution in [2.45, 2.75) is 82.0 Å². The van der Waals surface area contributed by atoms with Gasteiger partial charge < -0.3 is 10.1 Å². The molecule has 3 unspecified atom stereocenters. The van der Waals surface area contributed by atoms with E-state index in [-0.39, 0.29) is 11.9 Å². The van der Waals surface area contributed by atoms with E-state index in [1.54, 1.807) is 7.11 Å². The van der Waals surface area contributed by atoms with Crippen LogP contribution in [0.5, 0.6) is 5.75 Å². The van der Waals surface area contributed by atoms with Crippen molar-refractivity contribution in [3.8, 4) is 5.75 Å². The van der Waals surface area contributed by atoms with Gasteiger partial charge in [-0.1, -0.05) is 56.0 Å². The van der Waals surface area contributed by atoms with E-state index in [0.29, 0.717) is 18.1 Å². The van der Waals surface area contributed by atoms with Crippen LogP contribution in [0.4, 0.5) is 0 Å². The topological polar surface area (TPSA) is 44.8 Å². The molecule has 3 aliphatic rings. The fourth-order valence-electron chi connectivity index (χ4n) is 6.84. The first-order valence-corrected chi connectivity index (χ1v) is 14.3. The fraction of sp³-hybridized carbons (Fsp3) is 0.531. The van der Waals surface area contributed by atoms with Gasteiger partial charge in [0.15, 0.2) is 0 Å². The van der Waals surface area contributed by atoms with E-state index in [2.05, 4.69) is 52.0 Å². The highest BCUT2D eigenvalue weighted by Gasteiger charge is 2.39. The maximum atomic E-state index is 13.0. The van der Waals surface area contributed by atoms with Crippen LogP contribution in [0.2, 0.25) is 0 Å². The Bertz CT molecular complexity index is 1050. The van der Waals surface area contributed by atoms with Crippen molar-refractivity contribution >= 4 is 5.91 Å². The number of hydrogen-bond acceptors (Lipinski definition) is 4. The summed E-state index contributed by atoms with van der Waals surface area (Å²) in [6, 6.07) is 18.4. The third kappa shape index (κ3) is 6.10. The average molecular weight is 502 g/mol. The first-order valence-electron chi connectivity index (χ1n) is 14.3. The number of ether oxygens (including phenoxy) is 1. The number of benzene rings is 2. The van der Waals surface area contributed by atoms with Crippen molar-refractivity contribution in [1.82, 2.24) is 15.1 Å². The van der Waals surface area contributed by atoms with E-state index < -0.39 is 0 Å². The number of methoxy groups -OCH3 is 1. The Morgan fingerprint density at radius 3 is 2.54 bits per heavy atom. The number of carbonyl (C=O) groups is 1. The summed E-state index contributed by atoms with van der Waals surface area (Å²) in [5.74, 6) is 0.947. The van der Waals surface area contributed by atoms with E-state index in [1.165, 1.54) is 56.1 Å². The SMILES string of the molecule is C=CCN1CCC2CCCC(C1)N2C(c1ccc(C(=O)NC2CCCCC2)cc1)c1cccc(OC)c1. The Morgan fingerprint density at radius 1 is 1.00 bits per heavy atom. The second kappa shape index (κ2) is 12.3. The van der Waals surface area contributed by atoms with Crippen molar-refractivity contribution in [2.75, 3.05) is 26.7 Å². The molecule has 1 aliphatic carbocycles. The fourth-order valence-corrected chi connectivity index (χ4v) is 6.84. The minimum absolute atomic E-state index is 0.0584. The lowest BCUT2D eigenvalue weighted by molar-refractivity contribution is 0.0562. The van der Waals surface area contributed by atoms with Crippen LogP contribution >= 0.6 is 0 Å². The van der Waals surface area contributed by atoms with Gasteiger partial charge in [0.1, 0.15) is 5.75 Å². The molecule has 0 radical (unpaired) electrons. The molecule has 198 valence electrons. The third-order valence-electron chi connectivity index (χ3n) is 8.69. The first-order chi connectivity index (χ1) is 18.2. The largest absolute Gasteiger partial charge is 0.497 e. The lowest BCUT2D eigenvalue weighted by atomic mass is 9.87. The van der Waals surface area contributed by atoms with E-state index in [9.17, 15) is 4.79 Å². The number of piperidine rings is 1. The molecule has 2 aromatic carbocycles. The van der Waals surface area contributed by atoms with E-state index in [4.69, 9.17) is 4.74 Å². The monoisotopic (exact) mass is 501 g/mol. The standard InChI is InChI=1S/C32H43N3O2/c1-3-20-34-21-19-28-12-8-13-29(23-34)35(28)31(26-9-7-14-30(22-26)37-2)24-15-17-25(18-16-24)32(36)33-27-10-5-4-6-11-27/h3,7,9,14-18,22,27-29,31H,1,4-6,8,10-13,19-21,23H2,2H3,(H,33,36). The van der Waals surface area contributed by atoms with Gasteiger partial charge in [-0.2, -0.15) is 0 Å². The highest BCUT2D eigenvalue weighted by Crippen LogP contribution is 2.40. The lowest BCUT2D eigenvalue weighted by Gasteiger charge is -2.46. The second-order valence-corrected chi connectivity index (χ2v) is 11.1. The van der Waals surface area contributed by atoms with Gasteiger partial charge in [0.2, 0.25) is 0 Å². The highest BCUT2D eigenvalue weighted by molar-refractivity contribution is 5.94. The minimum Gasteiger partial charge on any atom is -0.497 e. The Morgan fingerprint density at radius 2 is 1.78 bits per heavy atom. The van der Waals surface area contributed by atoms with Crippen molar-refractivity contribution in [3.63, 3.8) is 0 Å². The summed E-state index contributed by atoms with van der Waals surface area (Å²) in [4.78, 5) is 18.4. The Hall–Kier alpha value is -2.63. The first kappa shape index (κ1) is 26.0. The van der Waals surface area contributed by atoms with E-state index in [1.807, 2.05) is 24.3 Å². The highest BCUT2D eigenvalue weighted by atomic mass is 16.5. The number of carbonyl (C=O) groups excluding carboxylic acids is 1. The molecule has 0 spiro atoms. The summed E-state index contributed by atoms with van der Waals surface area (Å²) in [6.45, 7) is 7.14. The van der Waals surface area contributed by atoms with Gasteiger partial charge in [-0.05, 0) is 67.5 Å². The van der Waals surface area contributed by atoms with E-state index >= 15 is 0 Å². The Labute approximate surface area is 222 Å². The molecule has 5 nitrogen and oxygen atoms in total. The van der Waals surface area contributed by atoms with Crippen LogP contribution in [0.1, 0.15) is 85.3 Å². The Balaban J connectivity index is 1.45. The molecule has 1 amide bonds. The molecular formula is C32H43N3O2. The molecule has 0 aromatic heterocycles. The lowest BCUT2D eigenvalue weighted by Crippen LogP contribution is -2.50. The number of rotatable bonds is 8. The van der Waals surface area contributed by atoms with Gasteiger partial charge in [0.25, 0.3) is 5.91 Å². The summed E-state index contributed by atoms with van der Waals surface area (Å²) in [5.41, 5.74) is 3.26. The van der Waals surface area contributed by atoms with Crippen molar-refractivity contribution in [2.24, 2.45) is 0 Å². The van der Waals surface area contributed by atoms with Gasteiger partial charge in [0, 0.05) is 43.3 Å². The maximum Gasteiger partial charge on any atom is 0.251 e. The zero-order valence-corrected chi connectivity index (χ0v) is 22.4. The number of fused-ring (bicyclic) bond motifs is 2. The zero-order valence-electron chi connectivity index (χ0n) is 22.4. The summed E-state index contributed by atoms with van der Waals surface area (Å²) in [7, 11) is 1.74. The quantitative estimate of drug-likeness (QED) is 0.453. The molecule has 2 saturated heterocycles. The van der Waals surface area contributed by atoms with Crippen LogP contribution in [0.15, 0.2) is 61.2 Å². The average Bonchev–Trinajstić information content (AvgIpc) is 3.02. The van der Waals surface area contributed by atoms with Crippen LogP contribution < -0.4 is 10.1 Å². The molecule has 5 heteroatoms. The molecule has 1 saturated carbocycles. The van der Waals surface area contributed by atoms with Crippen LogP contribution in [0, 0.1) is 0 Å². The molecule has 1 N–H and O–H groups in total. The Kier molecular flexibility index (Phi) is 8.62. The van der Waals surface area contributed by atoms with Crippen LogP contribution in [-0.2, 0) is 0 Å². The minimum atomic E-state index is 0.0584. The number of amides is 1. The van der Waals surface area contributed by atoms with Crippen molar-refractivity contribution in [3.05, 3.63) is 77.9 Å². The molecule has 3 atom stereocenters. The van der Waals surface area contributed by atoms with Crippen LogP contribution in [0.3, 0.4) is 0 Å². The van der Waals surface area contributed by atoms with Gasteiger partial charge in [-0.25, -0.2) is 0 Å². The molecular weight excluding hydrogens is 458 g/mol. The molecule has 2 bridgehead atoms. The normalized spacial score (nSPS) is 24.1. The molecule has 5 rings (SSSR count). The van der Waals surface area contributed by atoms with E-state index in [0.717, 1.165) is 43.8 Å². The maximum absolute atomic E-state index is 13.0. The summed E-state index contributed by atoms with van der Waals surface area (Å²) in [5, 5.41) is 3.27. The van der Waals surface area contributed by atoms with Crippen LogP contribution in [0.25, 0.3) is 0 Å². The number of nitrogens with zero attached hydrogens (tertiary/aromatic N) is 2. The third-order valence-corrected chi connectivity index (χ3v) is 8.69. The smallest absolute Gasteiger partial charge is 0.251 e. The number of hydrogen-bond donors (Lipinski definition) is 1. The molecule has 3 fully saturated rings. The van der Waals surface area contributed by atoms with Gasteiger partial charge in [0.05, 0.1) is 13.2 Å². The van der Waals surface area contributed by atoms with Crippen molar-refractivity contribution < 1.29 is 9.53 Å². The van der Waals surface area contributed by atoms with Gasteiger partial charge in [-0.3, -0.25) is 14.6 Å². The molecule has 2 aromatic rings. The van der Waals surface area contributed by atoms with Crippen molar-refractivity contribution in [1.29, 1.82) is 0 Å². The van der Waals surface area contributed by atoms with Gasteiger partial charge in [-0.15, -0.1) is 6.58 Å². The predicted molar refractivity (Wildman–Crippen MR) is 150 cm³/mol. The molecule has 37 heavy (non-hydrogen) atoms. The van der Waals surface area contributed by atoms with Crippen LogP contribution in [-0.4, -0.2) is 60.6 Å². The second-order valence-electron chi connectivity index (χ2n) is 11.1. The van der Waals surface area contributed by atoms with Gasteiger partial charge >= 0.3 is 0 Å². The predicted octanol–water partition coefficient (Wildman–Crippen LogP) is 5.96. The summed E-state index contributed by atoms with van der Waals surface area (Å²) < 4.78 is 5.63. The molecule has 2 heterocycles. The zero-order chi connectivity index (χ0) is 25.6.